The number of rotatable bonds is 7. The lowest BCUT2D eigenvalue weighted by molar-refractivity contribution is -0.274. The average Bonchev–Trinajstić information content (AvgIpc) is 2.68. The minimum atomic E-state index is -4.83. The van der Waals surface area contributed by atoms with Crippen molar-refractivity contribution in [3.05, 3.63) is 54.1 Å². The molecule has 31 heavy (non-hydrogen) atoms. The Bertz CT molecular complexity index is 934. The zero-order valence-electron chi connectivity index (χ0n) is 17.1. The molecule has 0 saturated carbocycles. The van der Waals surface area contributed by atoms with Crippen LogP contribution >= 0.6 is 12.4 Å². The minimum absolute atomic E-state index is 0. The highest BCUT2D eigenvalue weighted by molar-refractivity contribution is 7.92. The smallest absolute Gasteiger partial charge is 0.406 e. The molecule has 1 atom stereocenters. The molecule has 0 radical (unpaired) electrons. The summed E-state index contributed by atoms with van der Waals surface area (Å²) in [6.07, 6.45) is -1.45. The van der Waals surface area contributed by atoms with Gasteiger partial charge in [0.05, 0.1) is 4.90 Å². The normalized spacial score (nSPS) is 17.6. The Morgan fingerprint density at radius 3 is 2.32 bits per heavy atom. The van der Waals surface area contributed by atoms with Crippen molar-refractivity contribution in [2.75, 3.05) is 24.4 Å². The molecule has 2 aromatic carbocycles. The van der Waals surface area contributed by atoms with Crippen molar-refractivity contribution in [3.8, 4) is 5.75 Å². The fourth-order valence-corrected chi connectivity index (χ4v) is 4.76. The highest BCUT2D eigenvalue weighted by Crippen LogP contribution is 2.29. The zero-order chi connectivity index (χ0) is 21.8. The van der Waals surface area contributed by atoms with E-state index in [9.17, 15) is 21.6 Å². The van der Waals surface area contributed by atoms with E-state index in [0.717, 1.165) is 63.2 Å². The van der Waals surface area contributed by atoms with Crippen molar-refractivity contribution >= 4 is 28.1 Å². The summed E-state index contributed by atoms with van der Waals surface area (Å²) in [4.78, 5) is 2.31. The third-order valence-corrected chi connectivity index (χ3v) is 6.44. The molecule has 3 rings (SSSR count). The van der Waals surface area contributed by atoms with Crippen LogP contribution in [0.4, 0.5) is 18.9 Å². The molecular weight excluding hydrogens is 453 g/mol. The van der Waals surface area contributed by atoms with Gasteiger partial charge in [0, 0.05) is 12.2 Å². The summed E-state index contributed by atoms with van der Waals surface area (Å²) < 4.78 is 68.0. The standard InChI is InChI=1S/C21H25F3N2O3S.ClH/c1-2-13-26-14-3-4-17(15-26)16-5-7-18(8-6-16)25-30(27,28)20-11-9-19(10-12-20)29-21(22,23)24;/h5-12,17,25H,2-4,13-15H2,1H3;1H. The molecule has 10 heteroatoms. The van der Waals surface area contributed by atoms with Crippen molar-refractivity contribution in [2.24, 2.45) is 0 Å². The highest BCUT2D eigenvalue weighted by atomic mass is 35.5. The lowest BCUT2D eigenvalue weighted by Crippen LogP contribution is -2.34. The number of piperidine rings is 1. The largest absolute Gasteiger partial charge is 0.573 e. The molecular formula is C21H26ClF3N2O3S. The van der Waals surface area contributed by atoms with E-state index in [1.54, 1.807) is 12.1 Å². The van der Waals surface area contributed by atoms with Gasteiger partial charge >= 0.3 is 6.36 Å². The van der Waals surface area contributed by atoms with E-state index in [-0.39, 0.29) is 17.3 Å². The summed E-state index contributed by atoms with van der Waals surface area (Å²) in [5, 5.41) is 0. The van der Waals surface area contributed by atoms with E-state index in [2.05, 4.69) is 21.3 Å². The van der Waals surface area contributed by atoms with E-state index in [0.29, 0.717) is 11.6 Å². The number of halogens is 4. The molecule has 0 amide bonds. The predicted molar refractivity (Wildman–Crippen MR) is 116 cm³/mol. The molecule has 0 bridgehead atoms. The Kier molecular flexibility index (Phi) is 8.62. The van der Waals surface area contributed by atoms with Crippen molar-refractivity contribution < 1.29 is 26.3 Å². The molecule has 0 spiro atoms. The number of likely N-dealkylation sites (tertiary alicyclic amines) is 1. The lowest BCUT2D eigenvalue weighted by atomic mass is 9.90. The highest BCUT2D eigenvalue weighted by Gasteiger charge is 2.31. The van der Waals surface area contributed by atoms with E-state index in [1.165, 1.54) is 5.56 Å². The maximum atomic E-state index is 12.5. The molecule has 0 aliphatic carbocycles. The molecule has 1 heterocycles. The lowest BCUT2D eigenvalue weighted by Gasteiger charge is -2.32. The van der Waals surface area contributed by atoms with Crippen LogP contribution in [0.3, 0.4) is 0 Å². The van der Waals surface area contributed by atoms with E-state index in [4.69, 9.17) is 0 Å². The fraction of sp³-hybridized carbons (Fsp3) is 0.429. The van der Waals surface area contributed by atoms with Crippen LogP contribution in [0.15, 0.2) is 53.4 Å². The summed E-state index contributed by atoms with van der Waals surface area (Å²) in [5.74, 6) is -0.0486. The SMILES string of the molecule is CCCN1CCCC(c2ccc(NS(=O)(=O)c3ccc(OC(F)(F)F)cc3)cc2)C1.Cl. The van der Waals surface area contributed by atoms with Gasteiger partial charge in [0.1, 0.15) is 5.75 Å². The number of benzene rings is 2. The maximum Gasteiger partial charge on any atom is 0.573 e. The second-order valence-corrected chi connectivity index (χ2v) is 9.07. The Morgan fingerprint density at radius 2 is 1.74 bits per heavy atom. The minimum Gasteiger partial charge on any atom is -0.406 e. The Morgan fingerprint density at radius 1 is 1.10 bits per heavy atom. The van der Waals surface area contributed by atoms with Crippen LogP contribution in [-0.2, 0) is 10.0 Å². The van der Waals surface area contributed by atoms with Gasteiger partial charge in [0.25, 0.3) is 10.0 Å². The van der Waals surface area contributed by atoms with Gasteiger partial charge in [-0.2, -0.15) is 0 Å². The fourth-order valence-electron chi connectivity index (χ4n) is 3.70. The van der Waals surface area contributed by atoms with Crippen LogP contribution in [0.25, 0.3) is 0 Å². The predicted octanol–water partition coefficient (Wildman–Crippen LogP) is 5.40. The number of nitrogens with zero attached hydrogens (tertiary/aromatic N) is 1. The molecule has 2 aromatic rings. The van der Waals surface area contributed by atoms with Gasteiger partial charge in [-0.1, -0.05) is 19.1 Å². The van der Waals surface area contributed by atoms with Crippen LogP contribution < -0.4 is 9.46 Å². The number of sulfonamides is 1. The van der Waals surface area contributed by atoms with Gasteiger partial charge in [0.15, 0.2) is 0 Å². The molecule has 1 N–H and O–H groups in total. The van der Waals surface area contributed by atoms with E-state index in [1.807, 2.05) is 12.1 Å². The quantitative estimate of drug-likeness (QED) is 0.579. The maximum absolute atomic E-state index is 12.5. The third-order valence-electron chi connectivity index (χ3n) is 5.05. The second-order valence-electron chi connectivity index (χ2n) is 7.39. The molecule has 1 unspecified atom stereocenters. The van der Waals surface area contributed by atoms with Crippen LogP contribution in [0.5, 0.6) is 5.75 Å². The molecule has 1 fully saturated rings. The molecule has 1 aliphatic rings. The first-order chi connectivity index (χ1) is 14.2. The van der Waals surface area contributed by atoms with Crippen LogP contribution in [-0.4, -0.2) is 39.3 Å². The van der Waals surface area contributed by atoms with Crippen LogP contribution in [0.2, 0.25) is 0 Å². The number of ether oxygens (including phenoxy) is 1. The Balaban J connectivity index is 0.00000341. The number of hydrogen-bond acceptors (Lipinski definition) is 4. The summed E-state index contributed by atoms with van der Waals surface area (Å²) in [5.41, 5.74) is 1.57. The Hall–Kier alpha value is -1.97. The van der Waals surface area contributed by atoms with Crippen LogP contribution in [0, 0.1) is 0 Å². The van der Waals surface area contributed by atoms with Gasteiger partial charge in [-0.05, 0) is 80.2 Å². The van der Waals surface area contributed by atoms with Gasteiger partial charge in [-0.15, -0.1) is 25.6 Å². The van der Waals surface area contributed by atoms with Crippen molar-refractivity contribution in [3.63, 3.8) is 0 Å². The average molecular weight is 479 g/mol. The monoisotopic (exact) mass is 478 g/mol. The van der Waals surface area contributed by atoms with Gasteiger partial charge < -0.3 is 9.64 Å². The van der Waals surface area contributed by atoms with Gasteiger partial charge in [0.2, 0.25) is 0 Å². The first-order valence-electron chi connectivity index (χ1n) is 9.87. The summed E-state index contributed by atoms with van der Waals surface area (Å²) >= 11 is 0. The first-order valence-corrected chi connectivity index (χ1v) is 11.4. The van der Waals surface area contributed by atoms with E-state index >= 15 is 0 Å². The molecule has 172 valence electrons. The van der Waals surface area contributed by atoms with Gasteiger partial charge in [-0.3, -0.25) is 4.72 Å². The number of nitrogens with one attached hydrogen (secondary N) is 1. The van der Waals surface area contributed by atoms with Crippen molar-refractivity contribution in [1.82, 2.24) is 4.90 Å². The molecule has 0 aromatic heterocycles. The number of anilines is 1. The third kappa shape index (κ3) is 7.29. The summed E-state index contributed by atoms with van der Waals surface area (Å²) in [7, 11) is -3.92. The Labute approximate surface area is 187 Å². The van der Waals surface area contributed by atoms with Crippen LogP contribution in [0.1, 0.15) is 37.7 Å². The molecule has 5 nitrogen and oxygen atoms in total. The number of hydrogen-bond donors (Lipinski definition) is 1. The first kappa shape index (κ1) is 25.3. The number of alkyl halides is 3. The second kappa shape index (κ2) is 10.6. The van der Waals surface area contributed by atoms with Crippen molar-refractivity contribution in [2.45, 2.75) is 43.4 Å². The summed E-state index contributed by atoms with van der Waals surface area (Å²) in [6, 6.07) is 11.4. The molecule has 1 aliphatic heterocycles. The topological polar surface area (TPSA) is 58.6 Å². The van der Waals surface area contributed by atoms with Gasteiger partial charge in [-0.25, -0.2) is 8.42 Å². The molecule has 1 saturated heterocycles. The summed E-state index contributed by atoms with van der Waals surface area (Å²) in [6.45, 7) is 5.38. The zero-order valence-corrected chi connectivity index (χ0v) is 18.7. The van der Waals surface area contributed by atoms with E-state index < -0.39 is 22.1 Å². The van der Waals surface area contributed by atoms with Crippen molar-refractivity contribution in [1.29, 1.82) is 0 Å².